The van der Waals surface area contributed by atoms with Crippen molar-refractivity contribution in [3.63, 3.8) is 0 Å². The summed E-state index contributed by atoms with van der Waals surface area (Å²) in [6.07, 6.45) is 3.44. The predicted octanol–water partition coefficient (Wildman–Crippen LogP) is 2.05. The number of para-hydroxylation sites is 1. The van der Waals surface area contributed by atoms with Gasteiger partial charge in [0.15, 0.2) is 0 Å². The van der Waals surface area contributed by atoms with Gasteiger partial charge in [0.05, 0.1) is 0 Å². The highest BCUT2D eigenvalue weighted by atomic mass is 16.7. The summed E-state index contributed by atoms with van der Waals surface area (Å²) in [5.41, 5.74) is 1.79. The zero-order valence-corrected chi connectivity index (χ0v) is 8.89. The molecule has 2 aromatic rings. The first kappa shape index (κ1) is 9.96. The lowest BCUT2D eigenvalue weighted by molar-refractivity contribution is 0.0845. The fraction of sp³-hybridized carbons (Fsp3) is 0.455. The van der Waals surface area contributed by atoms with Crippen molar-refractivity contribution < 1.29 is 4.84 Å². The summed E-state index contributed by atoms with van der Waals surface area (Å²) < 4.78 is 0. The molecular formula is C11H15N3O. The quantitative estimate of drug-likeness (QED) is 0.701. The van der Waals surface area contributed by atoms with Gasteiger partial charge in [-0.15, -0.1) is 5.10 Å². The van der Waals surface area contributed by atoms with Gasteiger partial charge in [0.2, 0.25) is 0 Å². The highest BCUT2D eigenvalue weighted by Crippen LogP contribution is 2.08. The zero-order valence-electron chi connectivity index (χ0n) is 8.89. The monoisotopic (exact) mass is 205 g/mol. The Kier molecular flexibility index (Phi) is 3.17. The summed E-state index contributed by atoms with van der Waals surface area (Å²) in [7, 11) is 0. The maximum absolute atomic E-state index is 5.50. The van der Waals surface area contributed by atoms with Crippen molar-refractivity contribution in [2.45, 2.75) is 26.2 Å². The van der Waals surface area contributed by atoms with Crippen LogP contribution in [-0.4, -0.2) is 21.8 Å². The van der Waals surface area contributed by atoms with E-state index in [0.29, 0.717) is 6.61 Å². The fourth-order valence-electron chi connectivity index (χ4n) is 1.45. The normalized spacial score (nSPS) is 10.7. The van der Waals surface area contributed by atoms with Crippen LogP contribution >= 0.6 is 0 Å². The number of benzene rings is 1. The minimum absolute atomic E-state index is 0.696. The first-order valence-electron chi connectivity index (χ1n) is 5.35. The molecule has 0 amide bonds. The van der Waals surface area contributed by atoms with Gasteiger partial charge in [0, 0.05) is 0 Å². The van der Waals surface area contributed by atoms with E-state index in [1.807, 2.05) is 24.3 Å². The van der Waals surface area contributed by atoms with Gasteiger partial charge in [-0.25, -0.2) is 0 Å². The number of rotatable bonds is 5. The van der Waals surface area contributed by atoms with E-state index in [4.69, 9.17) is 4.84 Å². The minimum Gasteiger partial charge on any atom is -0.395 e. The first-order valence-corrected chi connectivity index (χ1v) is 5.35. The van der Waals surface area contributed by atoms with Crippen LogP contribution in [0.3, 0.4) is 0 Å². The molecule has 15 heavy (non-hydrogen) atoms. The average molecular weight is 205 g/mol. The third-order valence-electron chi connectivity index (χ3n) is 2.28. The third-order valence-corrected chi connectivity index (χ3v) is 2.28. The van der Waals surface area contributed by atoms with E-state index in [1.54, 1.807) is 0 Å². The Labute approximate surface area is 88.8 Å². The van der Waals surface area contributed by atoms with E-state index in [9.17, 15) is 0 Å². The van der Waals surface area contributed by atoms with Gasteiger partial charge in [0.1, 0.15) is 17.6 Å². The molecule has 4 nitrogen and oxygen atoms in total. The Bertz CT molecular complexity index is 424. The second kappa shape index (κ2) is 4.77. The Morgan fingerprint density at radius 1 is 1.27 bits per heavy atom. The Morgan fingerprint density at radius 2 is 2.13 bits per heavy atom. The summed E-state index contributed by atoms with van der Waals surface area (Å²) in [5.74, 6) is 0. The molecule has 80 valence electrons. The number of nitrogens with zero attached hydrogens (tertiary/aromatic N) is 3. The number of aromatic nitrogens is 3. The van der Waals surface area contributed by atoms with E-state index in [2.05, 4.69) is 17.2 Å². The van der Waals surface area contributed by atoms with Crippen molar-refractivity contribution in [1.82, 2.24) is 15.2 Å². The maximum Gasteiger partial charge on any atom is 0.130 e. The number of hydrogen-bond donors (Lipinski definition) is 0. The second-order valence-electron chi connectivity index (χ2n) is 3.49. The van der Waals surface area contributed by atoms with Crippen molar-refractivity contribution >= 4 is 11.0 Å². The first-order chi connectivity index (χ1) is 7.42. The van der Waals surface area contributed by atoms with E-state index < -0.39 is 0 Å². The molecule has 0 saturated heterocycles. The lowest BCUT2D eigenvalue weighted by Crippen LogP contribution is -2.14. The molecule has 0 aliphatic heterocycles. The van der Waals surface area contributed by atoms with Crippen LogP contribution < -0.4 is 4.84 Å². The molecule has 0 radical (unpaired) electrons. The van der Waals surface area contributed by atoms with Crippen molar-refractivity contribution in [3.05, 3.63) is 24.3 Å². The van der Waals surface area contributed by atoms with E-state index >= 15 is 0 Å². The number of hydrogen-bond acceptors (Lipinski definition) is 3. The molecule has 0 fully saturated rings. The number of unbranched alkanes of at least 4 members (excludes halogenated alkanes) is 2. The van der Waals surface area contributed by atoms with Crippen molar-refractivity contribution in [2.75, 3.05) is 6.61 Å². The average Bonchev–Trinajstić information content (AvgIpc) is 2.68. The lowest BCUT2D eigenvalue weighted by atomic mass is 10.3. The SMILES string of the molecule is CCCCCOn1nnc2ccccc21. The van der Waals surface area contributed by atoms with Crippen molar-refractivity contribution in [2.24, 2.45) is 0 Å². The summed E-state index contributed by atoms with van der Waals surface area (Å²) in [4.78, 5) is 7.01. The molecule has 1 aromatic heterocycles. The molecule has 0 N–H and O–H groups in total. The molecule has 0 spiro atoms. The van der Waals surface area contributed by atoms with E-state index in [0.717, 1.165) is 17.5 Å². The molecule has 0 unspecified atom stereocenters. The standard InChI is InChI=1S/C11H15N3O/c1-2-3-6-9-15-14-11-8-5-4-7-10(11)12-13-14/h4-5,7-8H,2-3,6,9H2,1H3. The fourth-order valence-corrected chi connectivity index (χ4v) is 1.45. The highest BCUT2D eigenvalue weighted by molar-refractivity contribution is 5.73. The smallest absolute Gasteiger partial charge is 0.130 e. The summed E-state index contributed by atoms with van der Waals surface area (Å²) >= 11 is 0. The topological polar surface area (TPSA) is 39.9 Å². The van der Waals surface area contributed by atoms with Gasteiger partial charge < -0.3 is 4.84 Å². The maximum atomic E-state index is 5.50. The Balaban J connectivity index is 2.02. The van der Waals surface area contributed by atoms with Gasteiger partial charge in [-0.2, -0.15) is 0 Å². The number of fused-ring (bicyclic) bond motifs is 1. The minimum atomic E-state index is 0.696. The van der Waals surface area contributed by atoms with Gasteiger partial charge in [-0.3, -0.25) is 0 Å². The molecule has 0 atom stereocenters. The van der Waals surface area contributed by atoms with Crippen molar-refractivity contribution in [3.8, 4) is 0 Å². The lowest BCUT2D eigenvalue weighted by Gasteiger charge is -2.03. The molecule has 0 aliphatic rings. The van der Waals surface area contributed by atoms with Crippen molar-refractivity contribution in [1.29, 1.82) is 0 Å². The molecule has 0 aliphatic carbocycles. The molecule has 0 saturated carbocycles. The summed E-state index contributed by atoms with van der Waals surface area (Å²) in [6.45, 7) is 2.87. The third kappa shape index (κ3) is 2.26. The molecule has 1 heterocycles. The molecular weight excluding hydrogens is 190 g/mol. The van der Waals surface area contributed by atoms with Crippen LogP contribution in [0.5, 0.6) is 0 Å². The van der Waals surface area contributed by atoms with Crippen LogP contribution in [0.2, 0.25) is 0 Å². The van der Waals surface area contributed by atoms with Gasteiger partial charge >= 0.3 is 0 Å². The molecule has 0 bridgehead atoms. The highest BCUT2D eigenvalue weighted by Gasteiger charge is 2.02. The Morgan fingerprint density at radius 3 is 3.00 bits per heavy atom. The van der Waals surface area contributed by atoms with Gasteiger partial charge in [-0.05, 0) is 23.8 Å². The van der Waals surface area contributed by atoms with Crippen LogP contribution in [0.1, 0.15) is 26.2 Å². The summed E-state index contributed by atoms with van der Waals surface area (Å²) in [6, 6.07) is 7.78. The second-order valence-corrected chi connectivity index (χ2v) is 3.49. The Hall–Kier alpha value is -1.58. The summed E-state index contributed by atoms with van der Waals surface area (Å²) in [5, 5.41) is 7.94. The van der Waals surface area contributed by atoms with Crippen LogP contribution in [0.15, 0.2) is 24.3 Å². The zero-order chi connectivity index (χ0) is 10.5. The van der Waals surface area contributed by atoms with E-state index in [1.165, 1.54) is 17.7 Å². The largest absolute Gasteiger partial charge is 0.395 e. The van der Waals surface area contributed by atoms with Crippen LogP contribution in [0.4, 0.5) is 0 Å². The van der Waals surface area contributed by atoms with Crippen LogP contribution in [0, 0.1) is 0 Å². The molecule has 1 aromatic carbocycles. The predicted molar refractivity (Wildman–Crippen MR) is 58.5 cm³/mol. The molecule has 4 heteroatoms. The van der Waals surface area contributed by atoms with E-state index in [-0.39, 0.29) is 0 Å². The van der Waals surface area contributed by atoms with Crippen LogP contribution in [-0.2, 0) is 0 Å². The van der Waals surface area contributed by atoms with Crippen LogP contribution in [0.25, 0.3) is 11.0 Å². The molecule has 2 rings (SSSR count). The van der Waals surface area contributed by atoms with Gasteiger partial charge in [-0.1, -0.05) is 36.7 Å². The van der Waals surface area contributed by atoms with Gasteiger partial charge in [0.25, 0.3) is 0 Å².